The molecule has 1 aliphatic rings. The van der Waals surface area contributed by atoms with Gasteiger partial charge in [-0.15, -0.1) is 0 Å². The fourth-order valence-electron chi connectivity index (χ4n) is 1.97. The van der Waals surface area contributed by atoms with Gasteiger partial charge < -0.3 is 4.90 Å². The molecule has 0 aliphatic carbocycles. The highest BCUT2D eigenvalue weighted by Gasteiger charge is 2.23. The maximum Gasteiger partial charge on any atom is 0.246 e. The van der Waals surface area contributed by atoms with Crippen molar-refractivity contribution >= 4 is 17.5 Å². The molecule has 84 valence electrons. The fraction of sp³-hybridized carbons (Fsp3) is 0.333. The number of amides is 2. The van der Waals surface area contributed by atoms with Gasteiger partial charge in [0.15, 0.2) is 0 Å². The Bertz CT molecular complexity index is 438. The molecule has 0 aromatic heterocycles. The first kappa shape index (κ1) is 10.7. The number of nitrogens with zero attached hydrogens (tertiary/aromatic N) is 1. The van der Waals surface area contributed by atoms with Gasteiger partial charge in [0.2, 0.25) is 11.8 Å². The topological polar surface area (TPSA) is 49.4 Å². The summed E-state index contributed by atoms with van der Waals surface area (Å²) in [6.07, 6.45) is 0. The highest BCUT2D eigenvalue weighted by Crippen LogP contribution is 2.21. The second-order valence-corrected chi connectivity index (χ2v) is 4.12. The van der Waals surface area contributed by atoms with Gasteiger partial charge in [-0.05, 0) is 25.5 Å². The number of imide groups is 1. The van der Waals surface area contributed by atoms with Gasteiger partial charge in [-0.3, -0.25) is 14.9 Å². The van der Waals surface area contributed by atoms with E-state index < -0.39 is 0 Å². The number of piperazine rings is 1. The molecule has 0 bridgehead atoms. The minimum Gasteiger partial charge on any atom is -0.353 e. The predicted molar refractivity (Wildman–Crippen MR) is 61.3 cm³/mol. The zero-order valence-corrected chi connectivity index (χ0v) is 9.41. The second kappa shape index (κ2) is 3.96. The Hall–Kier alpha value is -1.84. The number of anilines is 1. The monoisotopic (exact) mass is 218 g/mol. The van der Waals surface area contributed by atoms with Crippen LogP contribution in [0.2, 0.25) is 0 Å². The van der Waals surface area contributed by atoms with Gasteiger partial charge in [0.05, 0.1) is 13.1 Å². The van der Waals surface area contributed by atoms with Crippen LogP contribution in [0.1, 0.15) is 11.1 Å². The first-order valence-electron chi connectivity index (χ1n) is 5.21. The van der Waals surface area contributed by atoms with Crippen LogP contribution in [0.25, 0.3) is 0 Å². The van der Waals surface area contributed by atoms with Gasteiger partial charge in [-0.2, -0.15) is 0 Å². The van der Waals surface area contributed by atoms with Crippen LogP contribution >= 0.6 is 0 Å². The van der Waals surface area contributed by atoms with Crippen LogP contribution in [-0.2, 0) is 9.59 Å². The molecule has 16 heavy (non-hydrogen) atoms. The fourth-order valence-corrected chi connectivity index (χ4v) is 1.97. The van der Waals surface area contributed by atoms with Crippen molar-refractivity contribution in [2.45, 2.75) is 13.8 Å². The van der Waals surface area contributed by atoms with Crippen LogP contribution in [-0.4, -0.2) is 24.9 Å². The molecular weight excluding hydrogens is 204 g/mol. The van der Waals surface area contributed by atoms with Gasteiger partial charge in [0.1, 0.15) is 0 Å². The molecular formula is C12H14N2O2. The molecule has 1 saturated heterocycles. The zero-order chi connectivity index (χ0) is 11.7. The summed E-state index contributed by atoms with van der Waals surface area (Å²) in [5.41, 5.74) is 3.21. The average Bonchev–Trinajstić information content (AvgIpc) is 2.15. The molecule has 0 unspecified atom stereocenters. The van der Waals surface area contributed by atoms with E-state index in [-0.39, 0.29) is 24.9 Å². The van der Waals surface area contributed by atoms with E-state index in [9.17, 15) is 9.59 Å². The minimum absolute atomic E-state index is 0.240. The normalized spacial score (nSPS) is 16.2. The molecule has 1 N–H and O–H groups in total. The van der Waals surface area contributed by atoms with E-state index >= 15 is 0 Å². The number of carbonyl (C=O) groups excluding carboxylic acids is 2. The van der Waals surface area contributed by atoms with Gasteiger partial charge in [-0.25, -0.2) is 0 Å². The third-order valence-electron chi connectivity index (χ3n) is 2.64. The largest absolute Gasteiger partial charge is 0.353 e. The second-order valence-electron chi connectivity index (χ2n) is 4.12. The Balaban J connectivity index is 2.29. The van der Waals surface area contributed by atoms with Crippen LogP contribution in [0, 0.1) is 13.8 Å². The van der Waals surface area contributed by atoms with E-state index in [4.69, 9.17) is 0 Å². The Morgan fingerprint density at radius 1 is 1.12 bits per heavy atom. The van der Waals surface area contributed by atoms with E-state index in [1.54, 1.807) is 4.90 Å². The molecule has 0 atom stereocenters. The number of rotatable bonds is 1. The maximum atomic E-state index is 11.3. The molecule has 2 rings (SSSR count). The molecule has 1 aromatic carbocycles. The first-order chi connectivity index (χ1) is 7.56. The van der Waals surface area contributed by atoms with Crippen LogP contribution in [0.15, 0.2) is 18.2 Å². The highest BCUT2D eigenvalue weighted by atomic mass is 16.2. The third kappa shape index (κ3) is 2.05. The molecule has 1 fully saturated rings. The van der Waals surface area contributed by atoms with Crippen molar-refractivity contribution in [2.24, 2.45) is 0 Å². The predicted octanol–water partition coefficient (Wildman–Crippen LogP) is 0.766. The quantitative estimate of drug-likeness (QED) is 0.708. The van der Waals surface area contributed by atoms with Crippen molar-refractivity contribution in [3.8, 4) is 0 Å². The van der Waals surface area contributed by atoms with E-state index in [1.165, 1.54) is 5.56 Å². The molecule has 1 aliphatic heterocycles. The van der Waals surface area contributed by atoms with Crippen molar-refractivity contribution in [1.29, 1.82) is 0 Å². The highest BCUT2D eigenvalue weighted by molar-refractivity contribution is 6.02. The SMILES string of the molecule is Cc1ccc(N2CC(=O)NC(=O)C2)c(C)c1. The zero-order valence-electron chi connectivity index (χ0n) is 9.41. The van der Waals surface area contributed by atoms with Gasteiger partial charge in [0.25, 0.3) is 0 Å². The number of benzene rings is 1. The smallest absolute Gasteiger partial charge is 0.246 e. The van der Waals surface area contributed by atoms with E-state index in [1.807, 2.05) is 32.0 Å². The number of carbonyl (C=O) groups is 2. The molecule has 2 amide bonds. The van der Waals surface area contributed by atoms with Crippen molar-refractivity contribution in [1.82, 2.24) is 5.32 Å². The van der Waals surface area contributed by atoms with Crippen molar-refractivity contribution in [2.75, 3.05) is 18.0 Å². The lowest BCUT2D eigenvalue weighted by atomic mass is 10.1. The summed E-state index contributed by atoms with van der Waals surface area (Å²) in [6.45, 7) is 4.50. The molecule has 4 heteroatoms. The number of hydrogen-bond acceptors (Lipinski definition) is 3. The summed E-state index contributed by atoms with van der Waals surface area (Å²) >= 11 is 0. The van der Waals surface area contributed by atoms with E-state index in [0.717, 1.165) is 11.3 Å². The van der Waals surface area contributed by atoms with Crippen LogP contribution < -0.4 is 10.2 Å². The standard InChI is InChI=1S/C12H14N2O2/c1-8-3-4-10(9(2)5-8)14-6-11(15)13-12(16)7-14/h3-5H,6-7H2,1-2H3,(H,13,15,16). The molecule has 1 aromatic rings. The van der Waals surface area contributed by atoms with E-state index in [0.29, 0.717) is 0 Å². The lowest BCUT2D eigenvalue weighted by Crippen LogP contribution is -2.51. The summed E-state index contributed by atoms with van der Waals surface area (Å²) in [4.78, 5) is 24.3. The molecule has 4 nitrogen and oxygen atoms in total. The number of hydrogen-bond donors (Lipinski definition) is 1. The van der Waals surface area contributed by atoms with Gasteiger partial charge in [0, 0.05) is 5.69 Å². The number of nitrogens with one attached hydrogen (secondary N) is 1. The average molecular weight is 218 g/mol. The maximum absolute atomic E-state index is 11.3. The Morgan fingerprint density at radius 3 is 2.31 bits per heavy atom. The van der Waals surface area contributed by atoms with Gasteiger partial charge >= 0.3 is 0 Å². The van der Waals surface area contributed by atoms with Crippen molar-refractivity contribution < 1.29 is 9.59 Å². The minimum atomic E-state index is -0.240. The molecule has 0 radical (unpaired) electrons. The molecule has 1 heterocycles. The molecule has 0 spiro atoms. The lowest BCUT2D eigenvalue weighted by molar-refractivity contribution is -0.130. The van der Waals surface area contributed by atoms with Crippen LogP contribution in [0.5, 0.6) is 0 Å². The number of aryl methyl sites for hydroxylation is 2. The Kier molecular flexibility index (Phi) is 2.64. The van der Waals surface area contributed by atoms with Crippen molar-refractivity contribution in [3.05, 3.63) is 29.3 Å². The summed E-state index contributed by atoms with van der Waals surface area (Å²) in [6, 6.07) is 5.99. The van der Waals surface area contributed by atoms with Gasteiger partial charge in [-0.1, -0.05) is 17.7 Å². The van der Waals surface area contributed by atoms with E-state index in [2.05, 4.69) is 5.32 Å². The third-order valence-corrected chi connectivity index (χ3v) is 2.64. The Morgan fingerprint density at radius 2 is 1.75 bits per heavy atom. The van der Waals surface area contributed by atoms with Crippen LogP contribution in [0.4, 0.5) is 5.69 Å². The summed E-state index contributed by atoms with van der Waals surface area (Å²) in [5, 5.41) is 2.29. The lowest BCUT2D eigenvalue weighted by Gasteiger charge is -2.28. The summed E-state index contributed by atoms with van der Waals surface area (Å²) < 4.78 is 0. The summed E-state index contributed by atoms with van der Waals surface area (Å²) in [5.74, 6) is -0.479. The Labute approximate surface area is 94.2 Å². The molecule has 0 saturated carbocycles. The summed E-state index contributed by atoms with van der Waals surface area (Å²) in [7, 11) is 0. The first-order valence-corrected chi connectivity index (χ1v) is 5.21. The van der Waals surface area contributed by atoms with Crippen LogP contribution in [0.3, 0.4) is 0 Å². The van der Waals surface area contributed by atoms with Crippen molar-refractivity contribution in [3.63, 3.8) is 0 Å².